The number of urea groups is 1. The summed E-state index contributed by atoms with van der Waals surface area (Å²) in [7, 11) is 0. The van der Waals surface area contributed by atoms with Gasteiger partial charge in [-0.3, -0.25) is 0 Å². The van der Waals surface area contributed by atoms with Crippen LogP contribution in [0.5, 0.6) is 0 Å². The van der Waals surface area contributed by atoms with Gasteiger partial charge < -0.3 is 15.2 Å². The van der Waals surface area contributed by atoms with E-state index < -0.39 is 17.8 Å². The van der Waals surface area contributed by atoms with Crippen molar-refractivity contribution in [1.29, 1.82) is 0 Å². The number of rotatable bonds is 3. The summed E-state index contributed by atoms with van der Waals surface area (Å²) in [5.41, 5.74) is 0.639. The number of benzene rings is 2. The SMILES string of the molecule is O=C(Nc1ccc(-c2nnc3n2CCCCC3)cc1)Nc1cccc(C(F)(F)F)c1. The molecule has 0 fully saturated rings. The molecular formula is C21H20F3N5O. The third-order valence-electron chi connectivity index (χ3n) is 4.96. The van der Waals surface area contributed by atoms with E-state index >= 15 is 0 Å². The number of anilines is 2. The number of aromatic nitrogens is 3. The van der Waals surface area contributed by atoms with Crippen LogP contribution in [0.1, 0.15) is 30.7 Å². The van der Waals surface area contributed by atoms with Gasteiger partial charge in [-0.15, -0.1) is 10.2 Å². The van der Waals surface area contributed by atoms with Crippen LogP contribution in [0.2, 0.25) is 0 Å². The first-order chi connectivity index (χ1) is 14.4. The summed E-state index contributed by atoms with van der Waals surface area (Å²) in [6.07, 6.45) is -0.172. The maximum absolute atomic E-state index is 12.8. The van der Waals surface area contributed by atoms with Crippen LogP contribution in [0, 0.1) is 0 Å². The molecule has 0 unspecified atom stereocenters. The number of alkyl halides is 3. The van der Waals surface area contributed by atoms with Crippen molar-refractivity contribution < 1.29 is 18.0 Å². The molecule has 0 atom stereocenters. The Labute approximate surface area is 171 Å². The lowest BCUT2D eigenvalue weighted by Crippen LogP contribution is -2.19. The van der Waals surface area contributed by atoms with Crippen molar-refractivity contribution >= 4 is 17.4 Å². The molecule has 2 amide bonds. The minimum Gasteiger partial charge on any atom is -0.311 e. The van der Waals surface area contributed by atoms with Crippen LogP contribution in [0.4, 0.5) is 29.3 Å². The summed E-state index contributed by atoms with van der Waals surface area (Å²) in [6, 6.07) is 11.0. The van der Waals surface area contributed by atoms with Crippen LogP contribution >= 0.6 is 0 Å². The molecule has 1 aliphatic rings. The average molecular weight is 415 g/mol. The lowest BCUT2D eigenvalue weighted by atomic mass is 10.2. The van der Waals surface area contributed by atoms with E-state index in [0.29, 0.717) is 5.69 Å². The van der Waals surface area contributed by atoms with Gasteiger partial charge in [0.2, 0.25) is 0 Å². The number of amides is 2. The van der Waals surface area contributed by atoms with Crippen molar-refractivity contribution in [3.05, 3.63) is 59.9 Å². The van der Waals surface area contributed by atoms with Gasteiger partial charge in [0.1, 0.15) is 5.82 Å². The van der Waals surface area contributed by atoms with Gasteiger partial charge in [0, 0.05) is 29.9 Å². The van der Waals surface area contributed by atoms with Gasteiger partial charge in [-0.1, -0.05) is 12.5 Å². The molecule has 0 radical (unpaired) electrons. The molecule has 30 heavy (non-hydrogen) atoms. The highest BCUT2D eigenvalue weighted by molar-refractivity contribution is 5.99. The second-order valence-corrected chi connectivity index (χ2v) is 7.14. The number of fused-ring (bicyclic) bond motifs is 1. The van der Waals surface area contributed by atoms with E-state index in [2.05, 4.69) is 25.4 Å². The van der Waals surface area contributed by atoms with Gasteiger partial charge in [0.05, 0.1) is 5.56 Å². The van der Waals surface area contributed by atoms with E-state index in [1.807, 2.05) is 12.1 Å². The van der Waals surface area contributed by atoms with E-state index in [0.717, 1.165) is 55.2 Å². The number of carbonyl (C=O) groups is 1. The Morgan fingerprint density at radius 2 is 1.70 bits per heavy atom. The number of carbonyl (C=O) groups excluding carboxylic acids is 1. The molecular weight excluding hydrogens is 395 g/mol. The van der Waals surface area contributed by atoms with Crippen molar-refractivity contribution in [2.45, 2.75) is 38.4 Å². The molecule has 0 aliphatic carbocycles. The number of aryl methyl sites for hydroxylation is 1. The Balaban J connectivity index is 1.43. The van der Waals surface area contributed by atoms with Crippen LogP contribution < -0.4 is 10.6 Å². The minimum absolute atomic E-state index is 0.0603. The molecule has 0 bridgehead atoms. The molecule has 9 heteroatoms. The van der Waals surface area contributed by atoms with E-state index in [4.69, 9.17) is 0 Å². The van der Waals surface area contributed by atoms with Gasteiger partial charge in [-0.25, -0.2) is 4.79 Å². The number of nitrogens with one attached hydrogen (secondary N) is 2. The third kappa shape index (κ3) is 4.45. The van der Waals surface area contributed by atoms with E-state index in [1.165, 1.54) is 18.6 Å². The molecule has 6 nitrogen and oxygen atoms in total. The van der Waals surface area contributed by atoms with Crippen LogP contribution in [0.15, 0.2) is 48.5 Å². The van der Waals surface area contributed by atoms with Crippen LogP contribution in [0.25, 0.3) is 11.4 Å². The predicted molar refractivity (Wildman–Crippen MR) is 107 cm³/mol. The van der Waals surface area contributed by atoms with Gasteiger partial charge >= 0.3 is 12.2 Å². The highest BCUT2D eigenvalue weighted by Crippen LogP contribution is 2.30. The predicted octanol–water partition coefficient (Wildman–Crippen LogP) is 5.33. The highest BCUT2D eigenvalue weighted by Gasteiger charge is 2.30. The Kier molecular flexibility index (Phi) is 5.43. The van der Waals surface area contributed by atoms with Crippen LogP contribution in [-0.2, 0) is 19.1 Å². The summed E-state index contributed by atoms with van der Waals surface area (Å²) in [5, 5.41) is 13.6. The molecule has 1 aromatic heterocycles. The number of halogens is 3. The highest BCUT2D eigenvalue weighted by atomic mass is 19.4. The average Bonchev–Trinajstić information content (AvgIpc) is 2.96. The Hall–Kier alpha value is -3.36. The molecule has 4 rings (SSSR count). The third-order valence-corrected chi connectivity index (χ3v) is 4.96. The van der Waals surface area contributed by atoms with Crippen molar-refractivity contribution in [3.63, 3.8) is 0 Å². The van der Waals surface area contributed by atoms with Crippen molar-refractivity contribution in [1.82, 2.24) is 14.8 Å². The quantitative estimate of drug-likeness (QED) is 0.607. The molecule has 2 aromatic carbocycles. The number of nitrogens with zero attached hydrogens (tertiary/aromatic N) is 3. The summed E-state index contributed by atoms with van der Waals surface area (Å²) in [6.45, 7) is 0.886. The maximum atomic E-state index is 12.8. The fourth-order valence-corrected chi connectivity index (χ4v) is 3.47. The summed E-state index contributed by atoms with van der Waals surface area (Å²) in [5.74, 6) is 1.79. The summed E-state index contributed by atoms with van der Waals surface area (Å²) in [4.78, 5) is 12.2. The zero-order chi connectivity index (χ0) is 21.1. The zero-order valence-corrected chi connectivity index (χ0v) is 16.0. The number of hydrogen-bond acceptors (Lipinski definition) is 3. The van der Waals surface area contributed by atoms with Gasteiger partial charge in [-0.2, -0.15) is 13.2 Å². The second kappa shape index (κ2) is 8.17. The summed E-state index contributed by atoms with van der Waals surface area (Å²) < 4.78 is 40.5. The monoisotopic (exact) mass is 415 g/mol. The first-order valence-corrected chi connectivity index (χ1v) is 9.68. The van der Waals surface area contributed by atoms with Crippen molar-refractivity contribution in [2.24, 2.45) is 0 Å². The lowest BCUT2D eigenvalue weighted by molar-refractivity contribution is -0.137. The molecule has 2 heterocycles. The smallest absolute Gasteiger partial charge is 0.311 e. The fourth-order valence-electron chi connectivity index (χ4n) is 3.47. The van der Waals surface area contributed by atoms with Gasteiger partial charge in [0.25, 0.3) is 0 Å². The van der Waals surface area contributed by atoms with Crippen molar-refractivity contribution in [3.8, 4) is 11.4 Å². The van der Waals surface area contributed by atoms with E-state index in [1.54, 1.807) is 12.1 Å². The molecule has 156 valence electrons. The Bertz CT molecular complexity index is 1040. The Morgan fingerprint density at radius 3 is 2.47 bits per heavy atom. The largest absolute Gasteiger partial charge is 0.416 e. The fraction of sp³-hybridized carbons (Fsp3) is 0.286. The van der Waals surface area contributed by atoms with Gasteiger partial charge in [-0.05, 0) is 55.3 Å². The molecule has 0 spiro atoms. The lowest BCUT2D eigenvalue weighted by Gasteiger charge is -2.11. The maximum Gasteiger partial charge on any atom is 0.416 e. The first kappa shape index (κ1) is 19.9. The van der Waals surface area contributed by atoms with E-state index in [9.17, 15) is 18.0 Å². The molecule has 1 aliphatic heterocycles. The zero-order valence-electron chi connectivity index (χ0n) is 16.0. The molecule has 0 saturated heterocycles. The molecule has 2 N–H and O–H groups in total. The van der Waals surface area contributed by atoms with Crippen molar-refractivity contribution in [2.75, 3.05) is 10.6 Å². The first-order valence-electron chi connectivity index (χ1n) is 9.68. The van der Waals surface area contributed by atoms with E-state index in [-0.39, 0.29) is 5.69 Å². The molecule has 0 saturated carbocycles. The second-order valence-electron chi connectivity index (χ2n) is 7.14. The normalized spacial score (nSPS) is 14.0. The number of hydrogen-bond donors (Lipinski definition) is 2. The summed E-state index contributed by atoms with van der Waals surface area (Å²) >= 11 is 0. The van der Waals surface area contributed by atoms with Crippen LogP contribution in [0.3, 0.4) is 0 Å². The standard InChI is InChI=1S/C21H20F3N5O/c22-21(23,24)15-5-4-6-17(13-15)26-20(30)25-16-10-8-14(9-11-16)19-28-27-18-7-2-1-3-12-29(18)19/h4-6,8-11,13H,1-3,7,12H2,(H2,25,26,30). The molecule has 3 aromatic rings. The minimum atomic E-state index is -4.47. The Morgan fingerprint density at radius 1 is 0.933 bits per heavy atom. The van der Waals surface area contributed by atoms with Crippen LogP contribution in [-0.4, -0.2) is 20.8 Å². The topological polar surface area (TPSA) is 71.8 Å². The van der Waals surface area contributed by atoms with Gasteiger partial charge in [0.15, 0.2) is 5.82 Å².